The predicted octanol–water partition coefficient (Wildman–Crippen LogP) is 1.83. The second kappa shape index (κ2) is 8.51. The Hall–Kier alpha value is -2.10. The lowest BCUT2D eigenvalue weighted by Gasteiger charge is -2.25. The highest BCUT2D eigenvalue weighted by Gasteiger charge is 2.50. The van der Waals surface area contributed by atoms with Crippen molar-refractivity contribution in [2.45, 2.75) is 12.0 Å². The van der Waals surface area contributed by atoms with E-state index in [2.05, 4.69) is 9.47 Å². The van der Waals surface area contributed by atoms with Gasteiger partial charge in [0.2, 0.25) is 0 Å². The number of carboxylic acids is 1. The van der Waals surface area contributed by atoms with Gasteiger partial charge in [-0.25, -0.2) is 9.59 Å². The third kappa shape index (κ3) is 4.68. The van der Waals surface area contributed by atoms with Crippen molar-refractivity contribution in [2.24, 2.45) is 0 Å². The van der Waals surface area contributed by atoms with E-state index >= 15 is 0 Å². The van der Waals surface area contributed by atoms with Crippen LogP contribution >= 0.6 is 0 Å². The Morgan fingerprint density at radius 3 is 2.35 bits per heavy atom. The lowest BCUT2D eigenvalue weighted by Crippen LogP contribution is -2.38. The van der Waals surface area contributed by atoms with Crippen LogP contribution in [-0.4, -0.2) is 50.8 Å². The van der Waals surface area contributed by atoms with E-state index in [-0.39, 0.29) is 17.9 Å². The van der Waals surface area contributed by atoms with Gasteiger partial charge in [0.05, 0.1) is 5.56 Å². The van der Waals surface area contributed by atoms with Crippen molar-refractivity contribution < 1.29 is 42.4 Å². The molecule has 1 aromatic rings. The average molecular weight is 334 g/mol. The van der Waals surface area contributed by atoms with Crippen molar-refractivity contribution in [3.05, 3.63) is 35.4 Å². The number of hydrogen-bond donors (Lipinski definition) is 1. The summed E-state index contributed by atoms with van der Waals surface area (Å²) in [5.41, 5.74) is -0.593. The van der Waals surface area contributed by atoms with Gasteiger partial charge in [-0.3, -0.25) is 0 Å². The van der Waals surface area contributed by atoms with Crippen molar-refractivity contribution in [2.75, 3.05) is 27.8 Å². The molecule has 1 atom stereocenters. The minimum absolute atomic E-state index is 0.258. The molecule has 0 aliphatic heterocycles. The highest BCUT2D eigenvalue weighted by atomic mass is 19.3. The first-order valence-electron chi connectivity index (χ1n) is 6.33. The van der Waals surface area contributed by atoms with Crippen molar-refractivity contribution in [3.63, 3.8) is 0 Å². The Bertz CT molecular complexity index is 548. The average Bonchev–Trinajstić information content (AvgIpc) is 2.53. The van der Waals surface area contributed by atoms with Gasteiger partial charge in [-0.05, 0) is 6.07 Å². The van der Waals surface area contributed by atoms with E-state index in [0.717, 1.165) is 6.07 Å². The Morgan fingerprint density at radius 1 is 1.17 bits per heavy atom. The Kier molecular flexibility index (Phi) is 7.01. The SMILES string of the molecule is COCOC(=O)c1ccccc1C(OCOC)C(F)(F)C(=O)O. The molecule has 128 valence electrons. The molecule has 0 saturated carbocycles. The van der Waals surface area contributed by atoms with E-state index in [1.807, 2.05) is 0 Å². The normalized spacial score (nSPS) is 12.7. The smallest absolute Gasteiger partial charge is 0.377 e. The summed E-state index contributed by atoms with van der Waals surface area (Å²) in [7, 11) is 2.47. The van der Waals surface area contributed by atoms with Gasteiger partial charge >= 0.3 is 17.9 Å². The molecule has 0 bridgehead atoms. The van der Waals surface area contributed by atoms with Crippen molar-refractivity contribution in [1.29, 1.82) is 0 Å². The van der Waals surface area contributed by atoms with Crippen LogP contribution in [0.15, 0.2) is 24.3 Å². The maximum absolute atomic E-state index is 14.0. The summed E-state index contributed by atoms with van der Waals surface area (Å²) < 4.78 is 46.5. The molecule has 0 fully saturated rings. The first kappa shape index (κ1) is 18.9. The number of methoxy groups -OCH3 is 2. The summed E-state index contributed by atoms with van der Waals surface area (Å²) in [6.45, 7) is -0.971. The number of carbonyl (C=O) groups is 2. The monoisotopic (exact) mass is 334 g/mol. The molecule has 0 spiro atoms. The number of carboxylic acid groups (broad SMARTS) is 1. The van der Waals surface area contributed by atoms with Crippen LogP contribution in [0, 0.1) is 0 Å². The van der Waals surface area contributed by atoms with E-state index < -0.39 is 30.8 Å². The zero-order valence-corrected chi connectivity index (χ0v) is 12.5. The van der Waals surface area contributed by atoms with Crippen LogP contribution in [0.5, 0.6) is 0 Å². The Morgan fingerprint density at radius 2 is 1.78 bits per heavy atom. The number of esters is 1. The molecule has 0 aliphatic carbocycles. The van der Waals surface area contributed by atoms with E-state index in [4.69, 9.17) is 14.6 Å². The molecular weight excluding hydrogens is 318 g/mol. The van der Waals surface area contributed by atoms with Crippen LogP contribution in [0.2, 0.25) is 0 Å². The summed E-state index contributed by atoms with van der Waals surface area (Å²) in [5.74, 6) is -7.62. The Balaban J connectivity index is 3.25. The van der Waals surface area contributed by atoms with Crippen LogP contribution in [0.25, 0.3) is 0 Å². The van der Waals surface area contributed by atoms with Gasteiger partial charge in [-0.2, -0.15) is 8.78 Å². The van der Waals surface area contributed by atoms with Gasteiger partial charge in [0.1, 0.15) is 6.79 Å². The first-order valence-corrected chi connectivity index (χ1v) is 6.33. The fourth-order valence-electron chi connectivity index (χ4n) is 1.74. The van der Waals surface area contributed by atoms with Gasteiger partial charge in [-0.1, -0.05) is 18.2 Å². The van der Waals surface area contributed by atoms with E-state index in [1.54, 1.807) is 0 Å². The molecule has 0 radical (unpaired) electrons. The molecule has 1 unspecified atom stereocenters. The highest BCUT2D eigenvalue weighted by molar-refractivity contribution is 5.91. The maximum Gasteiger partial charge on any atom is 0.377 e. The summed E-state index contributed by atoms with van der Waals surface area (Å²) in [6.07, 6.45) is -2.23. The van der Waals surface area contributed by atoms with Crippen LogP contribution < -0.4 is 0 Å². The van der Waals surface area contributed by atoms with Crippen LogP contribution in [-0.2, 0) is 23.7 Å². The van der Waals surface area contributed by atoms with Gasteiger partial charge in [0.25, 0.3) is 0 Å². The molecule has 9 heteroatoms. The zero-order chi connectivity index (χ0) is 17.5. The van der Waals surface area contributed by atoms with Crippen molar-refractivity contribution >= 4 is 11.9 Å². The maximum atomic E-state index is 14.0. The van der Waals surface area contributed by atoms with Gasteiger partial charge < -0.3 is 24.1 Å². The largest absolute Gasteiger partial charge is 0.477 e. The summed E-state index contributed by atoms with van der Waals surface area (Å²) in [5, 5.41) is 8.74. The third-order valence-corrected chi connectivity index (χ3v) is 2.74. The molecule has 0 heterocycles. The molecule has 0 amide bonds. The zero-order valence-electron chi connectivity index (χ0n) is 12.5. The van der Waals surface area contributed by atoms with Crippen molar-refractivity contribution in [3.8, 4) is 0 Å². The molecular formula is C14H16F2O7. The fourth-order valence-corrected chi connectivity index (χ4v) is 1.74. The topological polar surface area (TPSA) is 91.3 Å². The predicted molar refractivity (Wildman–Crippen MR) is 72.0 cm³/mol. The number of aliphatic carboxylic acids is 1. The lowest BCUT2D eigenvalue weighted by atomic mass is 9.97. The quantitative estimate of drug-likeness (QED) is 0.544. The van der Waals surface area contributed by atoms with Crippen LogP contribution in [0.4, 0.5) is 8.78 Å². The van der Waals surface area contributed by atoms with E-state index in [9.17, 15) is 18.4 Å². The molecule has 0 aliphatic rings. The van der Waals surface area contributed by atoms with Crippen LogP contribution in [0.3, 0.4) is 0 Å². The van der Waals surface area contributed by atoms with Gasteiger partial charge in [-0.15, -0.1) is 0 Å². The third-order valence-electron chi connectivity index (χ3n) is 2.74. The minimum atomic E-state index is -4.28. The fraction of sp³-hybridized carbons (Fsp3) is 0.429. The number of rotatable bonds is 9. The number of hydrogen-bond acceptors (Lipinski definition) is 6. The molecule has 0 saturated heterocycles. The first-order chi connectivity index (χ1) is 10.9. The molecule has 1 rings (SSSR count). The number of carbonyl (C=O) groups excluding carboxylic acids is 1. The van der Waals surface area contributed by atoms with Gasteiger partial charge in [0.15, 0.2) is 12.9 Å². The molecule has 1 N–H and O–H groups in total. The van der Waals surface area contributed by atoms with E-state index in [1.165, 1.54) is 32.4 Å². The summed E-state index contributed by atoms with van der Waals surface area (Å²) >= 11 is 0. The summed E-state index contributed by atoms with van der Waals surface area (Å²) in [6, 6.07) is 5.15. The second-order valence-electron chi connectivity index (χ2n) is 4.31. The minimum Gasteiger partial charge on any atom is -0.477 e. The summed E-state index contributed by atoms with van der Waals surface area (Å²) in [4.78, 5) is 22.8. The molecule has 0 aromatic heterocycles. The molecule has 1 aromatic carbocycles. The number of halogens is 2. The number of alkyl halides is 2. The number of ether oxygens (including phenoxy) is 4. The second-order valence-corrected chi connectivity index (χ2v) is 4.31. The Labute approximate surface area is 130 Å². The molecule has 23 heavy (non-hydrogen) atoms. The number of benzene rings is 1. The highest BCUT2D eigenvalue weighted by Crippen LogP contribution is 2.36. The lowest BCUT2D eigenvalue weighted by molar-refractivity contribution is -0.203. The van der Waals surface area contributed by atoms with Gasteiger partial charge in [0, 0.05) is 19.8 Å². The van der Waals surface area contributed by atoms with Crippen LogP contribution in [0.1, 0.15) is 22.0 Å². The van der Waals surface area contributed by atoms with Crippen molar-refractivity contribution in [1.82, 2.24) is 0 Å². The standard InChI is InChI=1S/C14H16F2O7/c1-20-7-22-11(14(15,16)13(18)19)9-5-3-4-6-10(9)12(17)23-8-21-2/h3-6,11H,7-8H2,1-2H3,(H,18,19). The molecule has 7 nitrogen and oxygen atoms in total. The van der Waals surface area contributed by atoms with E-state index in [0.29, 0.717) is 0 Å².